The summed E-state index contributed by atoms with van der Waals surface area (Å²) < 4.78 is 0. The SMILES string of the molecule is CNc1cccc(-c2nc(NC3CC3)nc3sc(C(N)=O)c(N)c23)c1.O=CNc1ccccc1. The first-order chi connectivity index (χ1) is 16.5. The summed E-state index contributed by atoms with van der Waals surface area (Å²) in [7, 11) is 1.86. The molecule has 0 atom stereocenters. The highest BCUT2D eigenvalue weighted by molar-refractivity contribution is 7.21. The number of rotatable bonds is 7. The number of carbonyl (C=O) groups is 2. The number of hydrogen-bond donors (Lipinski definition) is 5. The zero-order valence-electron chi connectivity index (χ0n) is 18.5. The van der Waals surface area contributed by atoms with Crippen molar-refractivity contribution in [2.24, 2.45) is 5.73 Å². The number of fused-ring (bicyclic) bond motifs is 1. The van der Waals surface area contributed by atoms with E-state index in [2.05, 4.69) is 25.9 Å². The number of hydrogen-bond acceptors (Lipinski definition) is 8. The number of nitrogens with zero attached hydrogens (tertiary/aromatic N) is 2. The average Bonchev–Trinajstić information content (AvgIpc) is 3.60. The number of nitrogens with two attached hydrogens (primary N) is 2. The van der Waals surface area contributed by atoms with Crippen molar-refractivity contribution in [1.29, 1.82) is 0 Å². The third kappa shape index (κ3) is 5.24. The summed E-state index contributed by atoms with van der Waals surface area (Å²) in [4.78, 5) is 31.8. The van der Waals surface area contributed by atoms with Crippen LogP contribution >= 0.6 is 11.3 Å². The fourth-order valence-electron chi connectivity index (χ4n) is 3.31. The van der Waals surface area contributed by atoms with Gasteiger partial charge < -0.3 is 27.4 Å². The highest BCUT2D eigenvalue weighted by Gasteiger charge is 2.25. The van der Waals surface area contributed by atoms with Crippen molar-refractivity contribution < 1.29 is 9.59 Å². The zero-order valence-corrected chi connectivity index (χ0v) is 19.4. The molecule has 174 valence electrons. The van der Waals surface area contributed by atoms with Crippen molar-refractivity contribution in [3.8, 4) is 11.3 Å². The van der Waals surface area contributed by atoms with E-state index in [0.29, 0.717) is 44.9 Å². The number of aromatic nitrogens is 2. The lowest BCUT2D eigenvalue weighted by molar-refractivity contribution is -0.105. The Kier molecular flexibility index (Phi) is 6.88. The van der Waals surface area contributed by atoms with Crippen LogP contribution in [0.1, 0.15) is 22.5 Å². The number of primary amides is 1. The van der Waals surface area contributed by atoms with Crippen LogP contribution in [-0.2, 0) is 4.79 Å². The molecule has 1 aliphatic rings. The summed E-state index contributed by atoms with van der Waals surface area (Å²) in [5.41, 5.74) is 15.4. The molecule has 2 aromatic heterocycles. The molecule has 1 fully saturated rings. The number of para-hydroxylation sites is 1. The van der Waals surface area contributed by atoms with E-state index in [0.717, 1.165) is 29.8 Å². The lowest BCUT2D eigenvalue weighted by atomic mass is 10.1. The van der Waals surface area contributed by atoms with Gasteiger partial charge in [-0.1, -0.05) is 30.3 Å². The van der Waals surface area contributed by atoms with Gasteiger partial charge in [0.15, 0.2) is 0 Å². The van der Waals surface area contributed by atoms with Crippen LogP contribution in [-0.4, -0.2) is 35.4 Å². The first-order valence-corrected chi connectivity index (χ1v) is 11.5. The van der Waals surface area contributed by atoms with Crippen LogP contribution in [0.5, 0.6) is 0 Å². The predicted octanol–water partition coefficient (Wildman–Crippen LogP) is 3.91. The Morgan fingerprint density at radius 3 is 2.47 bits per heavy atom. The van der Waals surface area contributed by atoms with Crippen molar-refractivity contribution in [1.82, 2.24) is 9.97 Å². The van der Waals surface area contributed by atoms with E-state index in [1.807, 2.05) is 61.6 Å². The van der Waals surface area contributed by atoms with E-state index in [-0.39, 0.29) is 0 Å². The highest BCUT2D eigenvalue weighted by atomic mass is 32.1. The maximum atomic E-state index is 11.7. The van der Waals surface area contributed by atoms with Gasteiger partial charge in [-0.25, -0.2) is 9.97 Å². The quantitative estimate of drug-likeness (QED) is 0.254. The number of benzene rings is 2. The summed E-state index contributed by atoms with van der Waals surface area (Å²) in [5, 5.41) is 9.64. The Labute approximate surface area is 200 Å². The zero-order chi connectivity index (χ0) is 24.1. The number of carbonyl (C=O) groups excluding carboxylic acids is 2. The molecule has 2 amide bonds. The minimum Gasteiger partial charge on any atom is -0.397 e. The molecule has 0 aliphatic heterocycles. The molecule has 34 heavy (non-hydrogen) atoms. The van der Waals surface area contributed by atoms with Crippen molar-refractivity contribution in [3.63, 3.8) is 0 Å². The molecule has 7 N–H and O–H groups in total. The second-order valence-electron chi connectivity index (χ2n) is 7.66. The standard InChI is InChI=1S/C17H18N6OS.C7H7NO/c1-20-10-4-2-3-8(7-10)13-11-12(18)14(15(19)24)25-16(11)23-17(22-13)21-9-5-6-9;9-6-8-7-4-2-1-3-5-7/h2-4,7,9,20H,5-6,18H2,1H3,(H2,19,24)(H,21,22,23);1-6H,(H,8,9). The summed E-state index contributed by atoms with van der Waals surface area (Å²) in [6.07, 6.45) is 2.89. The van der Waals surface area contributed by atoms with E-state index in [9.17, 15) is 9.59 Å². The Morgan fingerprint density at radius 2 is 1.82 bits per heavy atom. The van der Waals surface area contributed by atoms with Crippen LogP contribution in [0.15, 0.2) is 54.6 Å². The molecule has 0 radical (unpaired) electrons. The Balaban J connectivity index is 0.000000257. The van der Waals surface area contributed by atoms with Crippen molar-refractivity contribution in [2.45, 2.75) is 18.9 Å². The molecule has 9 nitrogen and oxygen atoms in total. The molecule has 0 bridgehead atoms. The van der Waals surface area contributed by atoms with Gasteiger partial charge in [0.2, 0.25) is 12.4 Å². The number of amides is 2. The molecule has 2 aromatic carbocycles. The molecule has 2 heterocycles. The third-order valence-electron chi connectivity index (χ3n) is 5.15. The molecular weight excluding hydrogens is 450 g/mol. The molecule has 0 saturated heterocycles. The number of anilines is 4. The summed E-state index contributed by atoms with van der Waals surface area (Å²) >= 11 is 1.21. The topological polar surface area (TPSA) is 148 Å². The van der Waals surface area contributed by atoms with Crippen LogP contribution in [0.25, 0.3) is 21.5 Å². The number of thiophene rings is 1. The van der Waals surface area contributed by atoms with Gasteiger partial charge in [-0.15, -0.1) is 11.3 Å². The Bertz CT molecular complexity index is 1320. The Hall–Kier alpha value is -4.18. The maximum Gasteiger partial charge on any atom is 0.260 e. The molecule has 4 aromatic rings. The Morgan fingerprint density at radius 1 is 1.09 bits per heavy atom. The molecule has 0 unspecified atom stereocenters. The normalized spacial score (nSPS) is 12.4. The average molecular weight is 476 g/mol. The molecule has 5 rings (SSSR count). The molecule has 0 spiro atoms. The summed E-state index contributed by atoms with van der Waals surface area (Å²) in [5.74, 6) is 0.00394. The number of nitrogens with one attached hydrogen (secondary N) is 3. The van der Waals surface area contributed by atoms with E-state index in [1.54, 1.807) is 0 Å². The van der Waals surface area contributed by atoms with Gasteiger partial charge in [-0.2, -0.15) is 0 Å². The second-order valence-corrected chi connectivity index (χ2v) is 8.66. The van der Waals surface area contributed by atoms with Crippen molar-refractivity contribution >= 4 is 56.9 Å². The molecule has 1 saturated carbocycles. The second kappa shape index (κ2) is 10.2. The van der Waals surface area contributed by atoms with Crippen LogP contribution in [0.4, 0.5) is 23.0 Å². The van der Waals surface area contributed by atoms with Crippen LogP contribution < -0.4 is 27.4 Å². The van der Waals surface area contributed by atoms with Crippen LogP contribution in [0.3, 0.4) is 0 Å². The first-order valence-electron chi connectivity index (χ1n) is 10.7. The first kappa shape index (κ1) is 23.0. The van der Waals surface area contributed by atoms with Gasteiger partial charge >= 0.3 is 0 Å². The maximum absolute atomic E-state index is 11.7. The molecular formula is C24H25N7O2S. The monoisotopic (exact) mass is 475 g/mol. The summed E-state index contributed by atoms with van der Waals surface area (Å²) in [6.45, 7) is 0. The fourth-order valence-corrected chi connectivity index (χ4v) is 4.26. The third-order valence-corrected chi connectivity index (χ3v) is 6.26. The van der Waals surface area contributed by atoms with Gasteiger partial charge in [-0.3, -0.25) is 9.59 Å². The van der Waals surface area contributed by atoms with Crippen LogP contribution in [0, 0.1) is 0 Å². The molecule has 1 aliphatic carbocycles. The van der Waals surface area contributed by atoms with Gasteiger partial charge in [0.05, 0.1) is 16.8 Å². The van der Waals surface area contributed by atoms with Crippen molar-refractivity contribution in [2.75, 3.05) is 28.7 Å². The minimum atomic E-state index is -0.549. The fraction of sp³-hybridized carbons (Fsp3) is 0.167. The van der Waals surface area contributed by atoms with E-state index in [1.165, 1.54) is 11.3 Å². The largest absolute Gasteiger partial charge is 0.397 e. The van der Waals surface area contributed by atoms with Gasteiger partial charge in [0, 0.05) is 30.0 Å². The smallest absolute Gasteiger partial charge is 0.260 e. The molecule has 10 heteroatoms. The van der Waals surface area contributed by atoms with E-state index in [4.69, 9.17) is 11.5 Å². The van der Waals surface area contributed by atoms with Gasteiger partial charge in [-0.05, 0) is 37.1 Å². The lowest BCUT2D eigenvalue weighted by Gasteiger charge is -2.09. The number of nitrogen functional groups attached to an aromatic ring is 1. The van der Waals surface area contributed by atoms with Crippen molar-refractivity contribution in [3.05, 3.63) is 59.5 Å². The van der Waals surface area contributed by atoms with Crippen LogP contribution in [0.2, 0.25) is 0 Å². The van der Waals surface area contributed by atoms with E-state index >= 15 is 0 Å². The summed E-state index contributed by atoms with van der Waals surface area (Å²) in [6, 6.07) is 17.6. The van der Waals surface area contributed by atoms with E-state index < -0.39 is 5.91 Å². The lowest BCUT2D eigenvalue weighted by Crippen LogP contribution is -2.10. The minimum absolute atomic E-state index is 0.318. The highest BCUT2D eigenvalue weighted by Crippen LogP contribution is 2.39. The van der Waals surface area contributed by atoms with Gasteiger partial charge in [0.25, 0.3) is 5.91 Å². The van der Waals surface area contributed by atoms with Gasteiger partial charge in [0.1, 0.15) is 9.71 Å². The predicted molar refractivity (Wildman–Crippen MR) is 138 cm³/mol.